The topological polar surface area (TPSA) is 56.7 Å². The van der Waals surface area contributed by atoms with E-state index in [0.717, 1.165) is 30.1 Å². The predicted molar refractivity (Wildman–Crippen MR) is 103 cm³/mol. The lowest BCUT2D eigenvalue weighted by Gasteiger charge is -2.21. The van der Waals surface area contributed by atoms with Crippen LogP contribution in [0.5, 0.6) is 0 Å². The zero-order valence-corrected chi connectivity index (χ0v) is 15.6. The molecule has 130 valence electrons. The van der Waals surface area contributed by atoms with Gasteiger partial charge in [-0.25, -0.2) is 4.99 Å². The Morgan fingerprint density at radius 2 is 2.00 bits per heavy atom. The van der Waals surface area contributed by atoms with Crippen LogP contribution in [-0.2, 0) is 12.0 Å². The molecule has 2 rings (SSSR count). The molecule has 24 heavy (non-hydrogen) atoms. The van der Waals surface area contributed by atoms with Crippen molar-refractivity contribution in [3.8, 4) is 0 Å². The molecule has 1 heterocycles. The van der Waals surface area contributed by atoms with Gasteiger partial charge in [0.15, 0.2) is 5.96 Å². The van der Waals surface area contributed by atoms with Crippen molar-refractivity contribution >= 4 is 28.9 Å². The van der Waals surface area contributed by atoms with Crippen molar-refractivity contribution in [3.63, 3.8) is 0 Å². The van der Waals surface area contributed by atoms with Crippen molar-refractivity contribution in [2.75, 3.05) is 19.6 Å². The summed E-state index contributed by atoms with van der Waals surface area (Å²) < 4.78 is 0. The standard InChI is InChI=1S/C18H24ClN3OS/c1-3-20-17(21-10-8-14-4-6-16(19)7-5-14)22-13-18(2,23)15-9-11-24-12-15/h4-7,9,11-12,23H,3,8,10,13H2,1-2H3,(H2,20,21,22). The minimum Gasteiger partial charge on any atom is -0.383 e. The highest BCUT2D eigenvalue weighted by Crippen LogP contribution is 2.23. The summed E-state index contributed by atoms with van der Waals surface area (Å²) in [5, 5.41) is 21.7. The van der Waals surface area contributed by atoms with Gasteiger partial charge >= 0.3 is 0 Å². The first kappa shape index (κ1) is 18.8. The van der Waals surface area contributed by atoms with Crippen LogP contribution >= 0.6 is 22.9 Å². The van der Waals surface area contributed by atoms with Crippen LogP contribution in [0.2, 0.25) is 5.02 Å². The summed E-state index contributed by atoms with van der Waals surface area (Å²) >= 11 is 7.47. The molecule has 0 aliphatic carbocycles. The third-order valence-corrected chi connectivity index (χ3v) is 4.59. The zero-order chi connectivity index (χ0) is 17.4. The van der Waals surface area contributed by atoms with Gasteiger partial charge in [-0.1, -0.05) is 23.7 Å². The van der Waals surface area contributed by atoms with Crippen molar-refractivity contribution in [1.29, 1.82) is 0 Å². The van der Waals surface area contributed by atoms with E-state index in [0.29, 0.717) is 12.5 Å². The average molecular weight is 366 g/mol. The Labute approximate surface area is 152 Å². The number of hydrogen-bond acceptors (Lipinski definition) is 3. The van der Waals surface area contributed by atoms with Crippen molar-refractivity contribution in [2.45, 2.75) is 25.9 Å². The molecular weight excluding hydrogens is 342 g/mol. The van der Waals surface area contributed by atoms with Gasteiger partial charge in [-0.05, 0) is 60.4 Å². The van der Waals surface area contributed by atoms with Crippen molar-refractivity contribution in [1.82, 2.24) is 10.6 Å². The lowest BCUT2D eigenvalue weighted by molar-refractivity contribution is 0.0677. The van der Waals surface area contributed by atoms with E-state index in [9.17, 15) is 5.11 Å². The Hall–Kier alpha value is -1.56. The smallest absolute Gasteiger partial charge is 0.191 e. The number of halogens is 1. The largest absolute Gasteiger partial charge is 0.383 e. The summed E-state index contributed by atoms with van der Waals surface area (Å²) in [6, 6.07) is 9.77. The van der Waals surface area contributed by atoms with Crippen LogP contribution in [0.1, 0.15) is 25.0 Å². The SMILES string of the molecule is CCNC(=NCC(C)(O)c1ccsc1)NCCc1ccc(Cl)cc1. The van der Waals surface area contributed by atoms with Crippen LogP contribution in [-0.4, -0.2) is 30.7 Å². The monoisotopic (exact) mass is 365 g/mol. The predicted octanol–water partition coefficient (Wildman–Crippen LogP) is 3.41. The van der Waals surface area contributed by atoms with Gasteiger partial charge in [0.25, 0.3) is 0 Å². The Kier molecular flexibility index (Phi) is 7.09. The van der Waals surface area contributed by atoms with Gasteiger partial charge in [0.1, 0.15) is 5.60 Å². The van der Waals surface area contributed by atoms with Gasteiger partial charge in [-0.2, -0.15) is 11.3 Å². The molecule has 0 bridgehead atoms. The van der Waals surface area contributed by atoms with E-state index >= 15 is 0 Å². The molecule has 0 radical (unpaired) electrons. The molecule has 0 saturated carbocycles. The van der Waals surface area contributed by atoms with Crippen molar-refractivity contribution in [3.05, 3.63) is 57.2 Å². The lowest BCUT2D eigenvalue weighted by Crippen LogP contribution is -2.39. The summed E-state index contributed by atoms with van der Waals surface area (Å²) in [6.45, 7) is 5.64. The number of hydrogen-bond donors (Lipinski definition) is 3. The molecule has 1 unspecified atom stereocenters. The number of nitrogens with zero attached hydrogens (tertiary/aromatic N) is 1. The molecule has 1 aromatic heterocycles. The van der Waals surface area contributed by atoms with Gasteiger partial charge in [-0.15, -0.1) is 0 Å². The fourth-order valence-corrected chi connectivity index (χ4v) is 3.12. The summed E-state index contributed by atoms with van der Waals surface area (Å²) in [4.78, 5) is 4.51. The summed E-state index contributed by atoms with van der Waals surface area (Å²) in [5.74, 6) is 0.710. The molecule has 0 fully saturated rings. The van der Waals surface area contributed by atoms with E-state index in [1.807, 2.05) is 48.0 Å². The molecule has 3 N–H and O–H groups in total. The van der Waals surface area contributed by atoms with E-state index in [1.54, 1.807) is 18.3 Å². The third-order valence-electron chi connectivity index (χ3n) is 3.65. The molecule has 6 heteroatoms. The molecule has 1 atom stereocenters. The van der Waals surface area contributed by atoms with Crippen LogP contribution in [0.25, 0.3) is 0 Å². The first-order valence-electron chi connectivity index (χ1n) is 8.03. The van der Waals surface area contributed by atoms with Crippen molar-refractivity contribution in [2.24, 2.45) is 4.99 Å². The molecule has 0 aliphatic rings. The molecule has 0 amide bonds. The van der Waals surface area contributed by atoms with Crippen molar-refractivity contribution < 1.29 is 5.11 Å². The molecule has 1 aromatic carbocycles. The average Bonchev–Trinajstić information content (AvgIpc) is 3.10. The Morgan fingerprint density at radius 3 is 2.62 bits per heavy atom. The fourth-order valence-electron chi connectivity index (χ4n) is 2.21. The highest BCUT2D eigenvalue weighted by molar-refractivity contribution is 7.08. The minimum absolute atomic E-state index is 0.306. The van der Waals surface area contributed by atoms with Gasteiger partial charge in [0, 0.05) is 18.1 Å². The van der Waals surface area contributed by atoms with Gasteiger partial charge in [0.2, 0.25) is 0 Å². The second kappa shape index (κ2) is 9.06. The lowest BCUT2D eigenvalue weighted by atomic mass is 10.00. The minimum atomic E-state index is -0.960. The normalized spacial score (nSPS) is 14.2. The number of thiophene rings is 1. The Morgan fingerprint density at radius 1 is 1.25 bits per heavy atom. The second-order valence-electron chi connectivity index (χ2n) is 5.78. The molecule has 0 saturated heterocycles. The van der Waals surface area contributed by atoms with E-state index in [2.05, 4.69) is 15.6 Å². The van der Waals surface area contributed by atoms with Crippen LogP contribution in [0.3, 0.4) is 0 Å². The van der Waals surface area contributed by atoms with Crippen LogP contribution in [0, 0.1) is 0 Å². The highest BCUT2D eigenvalue weighted by Gasteiger charge is 2.23. The maximum atomic E-state index is 10.6. The number of guanidine groups is 1. The van der Waals surface area contributed by atoms with Gasteiger partial charge < -0.3 is 15.7 Å². The number of benzene rings is 1. The van der Waals surface area contributed by atoms with Crippen LogP contribution in [0.15, 0.2) is 46.1 Å². The molecule has 2 aromatic rings. The second-order valence-corrected chi connectivity index (χ2v) is 7.00. The molecule has 0 aliphatic heterocycles. The Bertz CT molecular complexity index is 639. The zero-order valence-electron chi connectivity index (χ0n) is 14.1. The number of rotatable bonds is 7. The maximum absolute atomic E-state index is 10.6. The third kappa shape index (κ3) is 5.82. The van der Waals surface area contributed by atoms with E-state index in [-0.39, 0.29) is 0 Å². The maximum Gasteiger partial charge on any atom is 0.191 e. The van der Waals surface area contributed by atoms with E-state index in [1.165, 1.54) is 5.56 Å². The summed E-state index contributed by atoms with van der Waals surface area (Å²) in [5.41, 5.74) is 1.15. The summed E-state index contributed by atoms with van der Waals surface area (Å²) in [7, 11) is 0. The van der Waals surface area contributed by atoms with E-state index < -0.39 is 5.60 Å². The molecule has 0 spiro atoms. The van der Waals surface area contributed by atoms with Gasteiger partial charge in [0.05, 0.1) is 6.54 Å². The molecular formula is C18H24ClN3OS. The van der Waals surface area contributed by atoms with E-state index in [4.69, 9.17) is 11.6 Å². The number of aliphatic imine (C=N–C) groups is 1. The van der Waals surface area contributed by atoms with Crippen LogP contribution in [0.4, 0.5) is 0 Å². The van der Waals surface area contributed by atoms with Crippen LogP contribution < -0.4 is 10.6 Å². The first-order chi connectivity index (χ1) is 11.5. The Balaban J connectivity index is 1.89. The highest BCUT2D eigenvalue weighted by atomic mass is 35.5. The quantitative estimate of drug-likeness (QED) is 0.520. The summed E-state index contributed by atoms with van der Waals surface area (Å²) in [6.07, 6.45) is 0.877. The number of aliphatic hydroxyl groups is 1. The fraction of sp³-hybridized carbons (Fsp3) is 0.389. The first-order valence-corrected chi connectivity index (χ1v) is 9.35. The molecule has 4 nitrogen and oxygen atoms in total. The number of nitrogens with one attached hydrogen (secondary N) is 2. The van der Waals surface area contributed by atoms with Gasteiger partial charge in [-0.3, -0.25) is 0 Å².